The molecule has 108 valence electrons. The van der Waals surface area contributed by atoms with Crippen LogP contribution in [0, 0.1) is 0 Å². The van der Waals surface area contributed by atoms with Gasteiger partial charge in [0, 0.05) is 6.07 Å². The molecule has 1 aliphatic heterocycles. The van der Waals surface area contributed by atoms with E-state index in [0.29, 0.717) is 5.75 Å². The van der Waals surface area contributed by atoms with Crippen LogP contribution in [0.25, 0.3) is 0 Å². The van der Waals surface area contributed by atoms with Gasteiger partial charge in [-0.2, -0.15) is 0 Å². The monoisotopic (exact) mass is 314 g/mol. The number of amides is 1. The number of anilines is 1. The lowest BCUT2D eigenvalue weighted by molar-refractivity contribution is -0.120. The van der Waals surface area contributed by atoms with Crippen molar-refractivity contribution in [3.05, 3.63) is 24.3 Å². The number of thiocarbonyl (C=S) groups is 1. The van der Waals surface area contributed by atoms with Gasteiger partial charge in [-0.15, -0.1) is 0 Å². The van der Waals surface area contributed by atoms with Gasteiger partial charge in [0.15, 0.2) is 4.75 Å². The molecular weight excluding hydrogens is 300 g/mol. The van der Waals surface area contributed by atoms with Gasteiger partial charge in [0.05, 0.1) is 5.69 Å². The third-order valence-electron chi connectivity index (χ3n) is 3.02. The number of nitrogens with zero attached hydrogens (tertiary/aromatic N) is 1. The Balaban J connectivity index is 2.29. The van der Waals surface area contributed by atoms with Crippen LogP contribution in [0.1, 0.15) is 13.8 Å². The Morgan fingerprint density at radius 2 is 2.10 bits per heavy atom. The quantitative estimate of drug-likeness (QED) is 0.827. The predicted octanol–water partition coefficient (Wildman–Crippen LogP) is 0.806. The van der Waals surface area contributed by atoms with Gasteiger partial charge in [-0.3, -0.25) is 4.79 Å². The molecular formula is C12H14N2O4S2. The number of rotatable bonds is 4. The first-order valence-corrected chi connectivity index (χ1v) is 7.63. The molecule has 0 spiro atoms. The highest BCUT2D eigenvalue weighted by Crippen LogP contribution is 2.39. The summed E-state index contributed by atoms with van der Waals surface area (Å²) in [4.78, 5) is 12.1. The highest BCUT2D eigenvalue weighted by Gasteiger charge is 2.60. The molecule has 2 N–H and O–H groups in total. The van der Waals surface area contributed by atoms with Gasteiger partial charge in [-0.25, -0.2) is 12.7 Å². The molecule has 6 nitrogen and oxygen atoms in total. The van der Waals surface area contributed by atoms with Crippen molar-refractivity contribution in [1.82, 2.24) is 0 Å². The van der Waals surface area contributed by atoms with Crippen LogP contribution in [0.5, 0.6) is 5.75 Å². The van der Waals surface area contributed by atoms with Crippen molar-refractivity contribution in [2.75, 3.05) is 10.9 Å². The van der Waals surface area contributed by atoms with Crippen LogP contribution in [-0.2, 0) is 14.8 Å². The predicted molar refractivity (Wildman–Crippen MR) is 79.2 cm³/mol. The fraction of sp³-hybridized carbons (Fsp3) is 0.333. The van der Waals surface area contributed by atoms with Crippen LogP contribution < -0.4 is 14.8 Å². The first-order chi connectivity index (χ1) is 9.18. The summed E-state index contributed by atoms with van der Waals surface area (Å²) in [6.07, 6.45) is 0. The summed E-state index contributed by atoms with van der Waals surface area (Å²) in [7, 11) is -3.67. The van der Waals surface area contributed by atoms with Crippen LogP contribution in [0.4, 0.5) is 5.69 Å². The summed E-state index contributed by atoms with van der Waals surface area (Å²) in [6.45, 7) is 2.81. The minimum absolute atomic E-state index is 0.0466. The van der Waals surface area contributed by atoms with E-state index in [2.05, 4.69) is 0 Å². The van der Waals surface area contributed by atoms with Gasteiger partial charge in [0.1, 0.15) is 17.3 Å². The number of hydrogen-bond acceptors (Lipinski definition) is 5. The molecule has 1 aromatic rings. The van der Waals surface area contributed by atoms with Crippen molar-refractivity contribution in [3.63, 3.8) is 0 Å². The Morgan fingerprint density at radius 3 is 2.65 bits per heavy atom. The molecule has 0 radical (unpaired) electrons. The van der Waals surface area contributed by atoms with E-state index in [0.717, 1.165) is 4.31 Å². The number of carbonyl (C=O) groups is 1. The Hall–Kier alpha value is -1.67. The lowest BCUT2D eigenvalue weighted by Gasteiger charge is -2.42. The van der Waals surface area contributed by atoms with Gasteiger partial charge in [-0.1, -0.05) is 18.3 Å². The van der Waals surface area contributed by atoms with E-state index in [1.807, 2.05) is 0 Å². The number of nitrogens with two attached hydrogens (primary N) is 1. The minimum Gasteiger partial charge on any atom is -0.486 e. The second-order valence-corrected chi connectivity index (χ2v) is 7.70. The SMILES string of the molecule is CC1(C)C(=O)N(c2cccc(OCC(N)=S)c2)S1(=O)=O. The Labute approximate surface area is 122 Å². The maximum Gasteiger partial charge on any atom is 0.263 e. The summed E-state index contributed by atoms with van der Waals surface area (Å²) in [5.74, 6) is -0.0769. The molecule has 0 aromatic heterocycles. The zero-order chi connectivity index (χ0) is 15.1. The molecule has 0 aliphatic carbocycles. The van der Waals surface area contributed by atoms with Gasteiger partial charge < -0.3 is 10.5 Å². The van der Waals surface area contributed by atoms with Crippen molar-refractivity contribution in [3.8, 4) is 5.75 Å². The van der Waals surface area contributed by atoms with E-state index in [-0.39, 0.29) is 17.3 Å². The maximum atomic E-state index is 12.1. The summed E-state index contributed by atoms with van der Waals surface area (Å²) < 4.78 is 28.8. The molecule has 1 amide bonds. The fourth-order valence-electron chi connectivity index (χ4n) is 1.76. The van der Waals surface area contributed by atoms with Crippen LogP contribution >= 0.6 is 12.2 Å². The molecule has 0 unspecified atom stereocenters. The standard InChI is InChI=1S/C12H14N2O4S2/c1-12(2)11(15)14(20(12,16)17)8-4-3-5-9(6-8)18-7-10(13)19/h3-6H,7H2,1-2H3,(H2,13,19). The van der Waals surface area contributed by atoms with E-state index in [9.17, 15) is 13.2 Å². The molecule has 2 rings (SSSR count). The Morgan fingerprint density at radius 1 is 1.45 bits per heavy atom. The largest absolute Gasteiger partial charge is 0.486 e. The van der Waals surface area contributed by atoms with Crippen molar-refractivity contribution < 1.29 is 17.9 Å². The van der Waals surface area contributed by atoms with Gasteiger partial charge in [0.2, 0.25) is 0 Å². The Kier molecular flexibility index (Phi) is 3.47. The first kappa shape index (κ1) is 14.7. The third-order valence-corrected chi connectivity index (χ3v) is 5.46. The number of sulfonamides is 1. The summed E-state index contributed by atoms with van der Waals surface area (Å²) in [5, 5.41) is 0. The summed E-state index contributed by atoms with van der Waals surface area (Å²) in [5.41, 5.74) is 5.57. The number of hydrogen-bond donors (Lipinski definition) is 1. The second kappa shape index (κ2) is 4.71. The van der Waals surface area contributed by atoms with E-state index < -0.39 is 20.7 Å². The average Bonchev–Trinajstić information content (AvgIpc) is 2.36. The summed E-state index contributed by atoms with van der Waals surface area (Å²) in [6, 6.07) is 6.21. The van der Waals surface area contributed by atoms with E-state index in [4.69, 9.17) is 22.7 Å². The molecule has 20 heavy (non-hydrogen) atoms. The fourth-order valence-corrected chi connectivity index (χ4v) is 3.30. The van der Waals surface area contributed by atoms with E-state index >= 15 is 0 Å². The molecule has 0 atom stereocenters. The molecule has 0 bridgehead atoms. The zero-order valence-electron chi connectivity index (χ0n) is 11.0. The van der Waals surface area contributed by atoms with Crippen molar-refractivity contribution in [2.45, 2.75) is 18.6 Å². The molecule has 8 heteroatoms. The number of carbonyl (C=O) groups excluding carboxylic acids is 1. The van der Waals surface area contributed by atoms with Crippen molar-refractivity contribution >= 4 is 38.8 Å². The highest BCUT2D eigenvalue weighted by atomic mass is 32.2. The lowest BCUT2D eigenvalue weighted by Crippen LogP contribution is -2.67. The molecule has 1 aromatic carbocycles. The average molecular weight is 314 g/mol. The second-order valence-electron chi connectivity index (χ2n) is 4.84. The molecule has 1 aliphatic rings. The van der Waals surface area contributed by atoms with Crippen molar-refractivity contribution in [2.24, 2.45) is 5.73 Å². The smallest absolute Gasteiger partial charge is 0.263 e. The van der Waals surface area contributed by atoms with Gasteiger partial charge >= 0.3 is 0 Å². The van der Waals surface area contributed by atoms with Gasteiger partial charge in [-0.05, 0) is 26.0 Å². The Bertz CT molecular complexity index is 682. The molecule has 0 saturated carbocycles. The molecule has 1 heterocycles. The maximum absolute atomic E-state index is 12.1. The minimum atomic E-state index is -3.67. The topological polar surface area (TPSA) is 89.7 Å². The number of benzene rings is 1. The third kappa shape index (κ3) is 2.14. The van der Waals surface area contributed by atoms with E-state index in [1.54, 1.807) is 12.1 Å². The lowest BCUT2D eigenvalue weighted by atomic mass is 10.1. The van der Waals surface area contributed by atoms with E-state index in [1.165, 1.54) is 26.0 Å². The molecule has 1 fully saturated rings. The van der Waals surface area contributed by atoms with Crippen LogP contribution in [0.2, 0.25) is 0 Å². The number of ether oxygens (including phenoxy) is 1. The van der Waals surface area contributed by atoms with Gasteiger partial charge in [0.25, 0.3) is 15.9 Å². The van der Waals surface area contributed by atoms with Crippen LogP contribution in [0.15, 0.2) is 24.3 Å². The molecule has 1 saturated heterocycles. The van der Waals surface area contributed by atoms with Crippen LogP contribution in [0.3, 0.4) is 0 Å². The van der Waals surface area contributed by atoms with Crippen LogP contribution in [-0.4, -0.2) is 30.7 Å². The normalized spacial score (nSPS) is 19.3. The zero-order valence-corrected chi connectivity index (χ0v) is 12.6. The summed E-state index contributed by atoms with van der Waals surface area (Å²) >= 11 is 4.69. The first-order valence-electron chi connectivity index (χ1n) is 5.78. The highest BCUT2D eigenvalue weighted by molar-refractivity contribution is 7.98. The van der Waals surface area contributed by atoms with Crippen molar-refractivity contribution in [1.29, 1.82) is 0 Å².